The number of carbonyl (C=O) groups is 1. The molecule has 2 aromatic rings. The molecule has 0 aliphatic carbocycles. The highest BCUT2D eigenvalue weighted by molar-refractivity contribution is 7.89. The summed E-state index contributed by atoms with van der Waals surface area (Å²) >= 11 is 1.00. The van der Waals surface area contributed by atoms with E-state index in [-0.39, 0.29) is 16.4 Å². The molecule has 2 aromatic heterocycles. The van der Waals surface area contributed by atoms with Crippen LogP contribution in [0.1, 0.15) is 10.5 Å². The van der Waals surface area contributed by atoms with Gasteiger partial charge in [-0.25, -0.2) is 13.6 Å². The summed E-state index contributed by atoms with van der Waals surface area (Å²) < 4.78 is 27.3. The van der Waals surface area contributed by atoms with Gasteiger partial charge in [0.1, 0.15) is 4.90 Å². The molecule has 11 heteroatoms. The average Bonchev–Trinajstić information content (AvgIpc) is 2.85. The second kappa shape index (κ2) is 4.44. The number of anilines is 1. The van der Waals surface area contributed by atoms with Crippen molar-refractivity contribution in [1.29, 1.82) is 0 Å². The molecular formula is C7H8N6O3S2. The number of carbonyl (C=O) groups excluding carboxylic acids is 1. The van der Waals surface area contributed by atoms with Gasteiger partial charge in [0.2, 0.25) is 10.0 Å². The molecule has 9 nitrogen and oxygen atoms in total. The van der Waals surface area contributed by atoms with Crippen LogP contribution in [0.15, 0.2) is 16.5 Å². The van der Waals surface area contributed by atoms with Crippen LogP contribution in [0.4, 0.5) is 5.82 Å². The summed E-state index contributed by atoms with van der Waals surface area (Å²) in [7, 11) is -2.45. The molecule has 18 heavy (non-hydrogen) atoms. The van der Waals surface area contributed by atoms with E-state index in [0.29, 0.717) is 0 Å². The van der Waals surface area contributed by atoms with Crippen LogP contribution in [-0.4, -0.2) is 33.7 Å². The first-order chi connectivity index (χ1) is 8.38. The van der Waals surface area contributed by atoms with E-state index in [4.69, 9.17) is 5.14 Å². The smallest absolute Gasteiger partial charge is 0.278 e. The number of sulfonamides is 1. The summed E-state index contributed by atoms with van der Waals surface area (Å²) in [5.74, 6) is -0.745. The largest absolute Gasteiger partial charge is 0.302 e. The number of primary sulfonamides is 1. The van der Waals surface area contributed by atoms with Gasteiger partial charge in [-0.2, -0.15) is 5.10 Å². The molecule has 0 radical (unpaired) electrons. The van der Waals surface area contributed by atoms with Crippen LogP contribution in [0.3, 0.4) is 0 Å². The van der Waals surface area contributed by atoms with Gasteiger partial charge in [0, 0.05) is 18.6 Å². The summed E-state index contributed by atoms with van der Waals surface area (Å²) in [5.41, 5.74) is 0.0750. The maximum Gasteiger partial charge on any atom is 0.278 e. The minimum atomic E-state index is -3.96. The first-order valence-electron chi connectivity index (χ1n) is 4.53. The monoisotopic (exact) mass is 288 g/mol. The highest BCUT2D eigenvalue weighted by atomic mass is 32.2. The fourth-order valence-corrected chi connectivity index (χ4v) is 2.29. The van der Waals surface area contributed by atoms with E-state index < -0.39 is 15.9 Å². The third kappa shape index (κ3) is 2.52. The summed E-state index contributed by atoms with van der Waals surface area (Å²) in [6.07, 6.45) is 1.20. The fraction of sp³-hybridized carbons (Fsp3) is 0.143. The number of aryl methyl sites for hydroxylation is 1. The molecule has 0 atom stereocenters. The van der Waals surface area contributed by atoms with Crippen LogP contribution in [0.2, 0.25) is 0 Å². The lowest BCUT2D eigenvalue weighted by molar-refractivity contribution is 0.102. The van der Waals surface area contributed by atoms with Crippen LogP contribution in [0.25, 0.3) is 0 Å². The van der Waals surface area contributed by atoms with Crippen LogP contribution >= 0.6 is 11.5 Å². The molecule has 0 fully saturated rings. The van der Waals surface area contributed by atoms with E-state index >= 15 is 0 Å². The SMILES string of the molecule is Cn1cc(S(N)(=O)=O)c(NC(=O)c2csnn2)n1. The highest BCUT2D eigenvalue weighted by Crippen LogP contribution is 2.17. The maximum atomic E-state index is 11.7. The van der Waals surface area contributed by atoms with Crippen molar-refractivity contribution in [2.45, 2.75) is 4.90 Å². The van der Waals surface area contributed by atoms with Gasteiger partial charge >= 0.3 is 0 Å². The molecule has 0 saturated carbocycles. The van der Waals surface area contributed by atoms with E-state index in [1.54, 1.807) is 0 Å². The lowest BCUT2D eigenvalue weighted by atomic mass is 10.4. The molecule has 0 bridgehead atoms. The highest BCUT2D eigenvalue weighted by Gasteiger charge is 2.21. The van der Waals surface area contributed by atoms with E-state index in [0.717, 1.165) is 11.5 Å². The van der Waals surface area contributed by atoms with Crippen molar-refractivity contribution in [3.8, 4) is 0 Å². The van der Waals surface area contributed by atoms with Crippen LogP contribution in [-0.2, 0) is 17.1 Å². The molecule has 0 saturated heterocycles. The predicted molar refractivity (Wildman–Crippen MR) is 62.4 cm³/mol. The molecule has 1 amide bonds. The van der Waals surface area contributed by atoms with Crippen molar-refractivity contribution in [3.05, 3.63) is 17.3 Å². The van der Waals surface area contributed by atoms with Gasteiger partial charge in [0.05, 0.1) is 0 Å². The van der Waals surface area contributed by atoms with Gasteiger partial charge in [-0.15, -0.1) is 5.10 Å². The lowest BCUT2D eigenvalue weighted by Crippen LogP contribution is -2.18. The van der Waals surface area contributed by atoms with E-state index in [2.05, 4.69) is 20.0 Å². The summed E-state index contributed by atoms with van der Waals surface area (Å²) in [4.78, 5) is 11.4. The first kappa shape index (κ1) is 12.6. The van der Waals surface area contributed by atoms with Crippen molar-refractivity contribution in [2.75, 3.05) is 5.32 Å². The molecule has 2 heterocycles. The Morgan fingerprint density at radius 2 is 2.28 bits per heavy atom. The van der Waals surface area contributed by atoms with Gasteiger partial charge in [0.25, 0.3) is 5.91 Å². The van der Waals surface area contributed by atoms with Gasteiger partial charge < -0.3 is 5.32 Å². The Balaban J connectivity index is 2.33. The van der Waals surface area contributed by atoms with Crippen molar-refractivity contribution in [2.24, 2.45) is 12.2 Å². The Morgan fingerprint density at radius 1 is 1.56 bits per heavy atom. The Bertz CT molecular complexity index is 674. The fourth-order valence-electron chi connectivity index (χ4n) is 1.20. The Hall–Kier alpha value is -1.85. The normalized spacial score (nSPS) is 11.4. The standard InChI is InChI=1S/C7H8N6O3S2/c1-13-2-5(18(8,15)16)6(11-13)9-7(14)4-3-17-12-10-4/h2-3H,1H3,(H2,8,15,16)(H,9,11,14). The predicted octanol–water partition coefficient (Wildman–Crippen LogP) is -0.829. The molecule has 0 spiro atoms. The summed E-state index contributed by atoms with van der Waals surface area (Å²) in [5, 5.41) is 16.1. The molecule has 96 valence electrons. The van der Waals surface area contributed by atoms with Crippen molar-refractivity contribution in [1.82, 2.24) is 19.4 Å². The number of hydrogen-bond acceptors (Lipinski definition) is 7. The lowest BCUT2D eigenvalue weighted by Gasteiger charge is -2.00. The van der Waals surface area contributed by atoms with E-state index in [1.165, 1.54) is 23.3 Å². The quantitative estimate of drug-likeness (QED) is 0.757. The van der Waals surface area contributed by atoms with E-state index in [9.17, 15) is 13.2 Å². The third-order valence-electron chi connectivity index (χ3n) is 1.93. The number of nitrogens with zero attached hydrogens (tertiary/aromatic N) is 4. The summed E-state index contributed by atoms with van der Waals surface area (Å²) in [6.45, 7) is 0. The molecule has 2 rings (SSSR count). The first-order valence-corrected chi connectivity index (χ1v) is 6.91. The Labute approximate surface area is 106 Å². The average molecular weight is 288 g/mol. The van der Waals surface area contributed by atoms with Gasteiger partial charge in [-0.05, 0) is 11.5 Å². The number of hydrogen-bond donors (Lipinski definition) is 2. The topological polar surface area (TPSA) is 133 Å². The molecule has 0 aliphatic heterocycles. The second-order valence-electron chi connectivity index (χ2n) is 3.30. The number of amides is 1. The van der Waals surface area contributed by atoms with Crippen molar-refractivity contribution < 1.29 is 13.2 Å². The van der Waals surface area contributed by atoms with Crippen LogP contribution in [0, 0.1) is 0 Å². The molecule has 0 aliphatic rings. The zero-order chi connectivity index (χ0) is 13.3. The third-order valence-corrected chi connectivity index (χ3v) is 3.34. The molecule has 0 aromatic carbocycles. The molecular weight excluding hydrogens is 280 g/mol. The van der Waals surface area contributed by atoms with Gasteiger partial charge in [-0.3, -0.25) is 9.48 Å². The number of aromatic nitrogens is 4. The van der Waals surface area contributed by atoms with E-state index in [1.807, 2.05) is 0 Å². The van der Waals surface area contributed by atoms with Crippen LogP contribution in [0.5, 0.6) is 0 Å². The number of nitrogens with one attached hydrogen (secondary N) is 1. The molecule has 0 unspecified atom stereocenters. The van der Waals surface area contributed by atoms with Gasteiger partial charge in [0.15, 0.2) is 11.5 Å². The second-order valence-corrected chi connectivity index (χ2v) is 5.44. The minimum Gasteiger partial charge on any atom is -0.302 e. The van der Waals surface area contributed by atoms with Crippen molar-refractivity contribution >= 4 is 33.3 Å². The zero-order valence-corrected chi connectivity index (χ0v) is 10.7. The Kier molecular flexibility index (Phi) is 3.11. The van der Waals surface area contributed by atoms with Gasteiger partial charge in [-0.1, -0.05) is 4.49 Å². The molecule has 3 N–H and O–H groups in total. The zero-order valence-electron chi connectivity index (χ0n) is 9.06. The summed E-state index contributed by atoms with van der Waals surface area (Å²) in [6, 6.07) is 0. The maximum absolute atomic E-state index is 11.7. The van der Waals surface area contributed by atoms with Crippen LogP contribution < -0.4 is 10.5 Å². The number of nitrogens with two attached hydrogens (primary N) is 1. The Morgan fingerprint density at radius 3 is 2.83 bits per heavy atom. The van der Waals surface area contributed by atoms with Crippen molar-refractivity contribution in [3.63, 3.8) is 0 Å². The minimum absolute atomic E-state index is 0.0750. The number of rotatable bonds is 3.